The van der Waals surface area contributed by atoms with E-state index in [9.17, 15) is 0 Å². The van der Waals surface area contributed by atoms with Crippen molar-refractivity contribution in [1.29, 1.82) is 0 Å². The summed E-state index contributed by atoms with van der Waals surface area (Å²) in [7, 11) is 0. The molecule has 0 bridgehead atoms. The van der Waals surface area contributed by atoms with Gasteiger partial charge in [-0.1, -0.05) is 166 Å². The molecule has 2 aromatic heterocycles. The Kier molecular flexibility index (Phi) is 8.01. The van der Waals surface area contributed by atoms with Crippen molar-refractivity contribution < 1.29 is 4.42 Å². The number of hydrogen-bond donors (Lipinski definition) is 0. The average Bonchev–Trinajstić information content (AvgIpc) is 3.92. The molecule has 316 valence electrons. The highest BCUT2D eigenvalue weighted by atomic mass is 16.3. The van der Waals surface area contributed by atoms with Gasteiger partial charge in [-0.25, -0.2) is 0 Å². The summed E-state index contributed by atoms with van der Waals surface area (Å²) in [5.41, 5.74) is 19.6. The summed E-state index contributed by atoms with van der Waals surface area (Å²) in [5, 5.41) is 7.30. The van der Waals surface area contributed by atoms with Gasteiger partial charge in [0.05, 0.1) is 5.69 Å². The topological polar surface area (TPSA) is 24.6 Å². The van der Waals surface area contributed by atoms with E-state index in [0.717, 1.165) is 56.1 Å². The molecule has 0 aliphatic carbocycles. The second-order valence-electron chi connectivity index (χ2n) is 19.2. The van der Waals surface area contributed by atoms with Gasteiger partial charge in [0.25, 0.3) is 0 Å². The van der Waals surface area contributed by atoms with Gasteiger partial charge in [-0.05, 0) is 99.1 Å². The molecule has 0 saturated carbocycles. The van der Waals surface area contributed by atoms with Gasteiger partial charge >= 0.3 is 6.85 Å². The van der Waals surface area contributed by atoms with Crippen LogP contribution in [0.1, 0.15) is 26.3 Å². The van der Waals surface area contributed by atoms with Crippen LogP contribution in [-0.2, 0) is 5.41 Å². The molecule has 10 aromatic carbocycles. The molecule has 0 atom stereocenters. The zero-order valence-electron chi connectivity index (χ0n) is 37.5. The van der Waals surface area contributed by atoms with Gasteiger partial charge < -0.3 is 18.7 Å². The van der Waals surface area contributed by atoms with Crippen LogP contribution in [0.5, 0.6) is 0 Å². The summed E-state index contributed by atoms with van der Waals surface area (Å²) in [6.45, 7) is 6.72. The standard InChI is InChI=1S/C62H44BN3O/c1-62(2,3)41-31-34-52(50(36-41)39-18-7-4-8-19-39)65-53-35-32-44(64(42-21-9-5-10-22-42)43-23-11-6-12-24-43)37-51(53)63-59-54(65)38-56-57(48-26-15-16-29-55(48)67-56)58(59)49-28-17-27-46-47-33-30-40-20-13-14-25-45(40)60(47)66(63)61(46)49/h4-38H,1-3H3. The van der Waals surface area contributed by atoms with E-state index in [0.29, 0.717) is 0 Å². The van der Waals surface area contributed by atoms with Gasteiger partial charge in [-0.2, -0.15) is 0 Å². The first-order valence-electron chi connectivity index (χ1n) is 23.4. The number of rotatable bonds is 5. The van der Waals surface area contributed by atoms with E-state index in [1.54, 1.807) is 0 Å². The minimum absolute atomic E-state index is 0.0557. The van der Waals surface area contributed by atoms with Crippen molar-refractivity contribution in [2.45, 2.75) is 26.2 Å². The molecule has 12 aromatic rings. The molecule has 0 radical (unpaired) electrons. The fraction of sp³-hybridized carbons (Fsp3) is 0.0645. The van der Waals surface area contributed by atoms with E-state index in [-0.39, 0.29) is 12.3 Å². The van der Waals surface area contributed by atoms with E-state index in [2.05, 4.69) is 247 Å². The van der Waals surface area contributed by atoms with Gasteiger partial charge in [-0.3, -0.25) is 0 Å². The van der Waals surface area contributed by atoms with E-state index < -0.39 is 0 Å². The maximum absolute atomic E-state index is 6.98. The largest absolute Gasteiger partial charge is 0.456 e. The third-order valence-electron chi connectivity index (χ3n) is 14.5. The minimum Gasteiger partial charge on any atom is -0.456 e. The van der Waals surface area contributed by atoms with Crippen molar-refractivity contribution in [3.8, 4) is 22.3 Å². The summed E-state index contributed by atoms with van der Waals surface area (Å²) in [6.07, 6.45) is 0. The lowest BCUT2D eigenvalue weighted by Gasteiger charge is -2.42. The van der Waals surface area contributed by atoms with Gasteiger partial charge in [0.15, 0.2) is 0 Å². The van der Waals surface area contributed by atoms with Crippen LogP contribution in [0.2, 0.25) is 0 Å². The van der Waals surface area contributed by atoms with Crippen LogP contribution < -0.4 is 20.7 Å². The number of para-hydroxylation sites is 4. The number of furan rings is 1. The molecule has 2 aliphatic heterocycles. The van der Waals surface area contributed by atoms with E-state index in [4.69, 9.17) is 4.42 Å². The Morgan fingerprint density at radius 1 is 0.463 bits per heavy atom. The molecular formula is C62H44BN3O. The summed E-state index contributed by atoms with van der Waals surface area (Å²) in [4.78, 5) is 4.96. The molecule has 0 spiro atoms. The number of anilines is 6. The Morgan fingerprint density at radius 3 is 1.88 bits per heavy atom. The summed E-state index contributed by atoms with van der Waals surface area (Å²) < 4.78 is 9.69. The zero-order valence-corrected chi connectivity index (χ0v) is 37.5. The maximum atomic E-state index is 6.98. The highest BCUT2D eigenvalue weighted by Crippen LogP contribution is 2.52. The van der Waals surface area contributed by atoms with Crippen LogP contribution in [0.15, 0.2) is 217 Å². The number of aromatic nitrogens is 1. The predicted octanol–water partition coefficient (Wildman–Crippen LogP) is 15.7. The van der Waals surface area contributed by atoms with E-state index in [1.165, 1.54) is 71.3 Å². The number of fused-ring (bicyclic) bond motifs is 13. The van der Waals surface area contributed by atoms with Gasteiger partial charge in [0.1, 0.15) is 11.2 Å². The first kappa shape index (κ1) is 38.0. The molecule has 0 fully saturated rings. The Bertz CT molecular complexity index is 3940. The van der Waals surface area contributed by atoms with E-state index in [1.807, 2.05) is 0 Å². The second-order valence-corrected chi connectivity index (χ2v) is 19.2. The normalized spacial score (nSPS) is 12.9. The molecule has 14 rings (SSSR count). The second kappa shape index (κ2) is 14.1. The first-order chi connectivity index (χ1) is 32.9. The van der Waals surface area contributed by atoms with Crippen molar-refractivity contribution in [2.24, 2.45) is 0 Å². The van der Waals surface area contributed by atoms with Crippen LogP contribution in [0.25, 0.3) is 76.8 Å². The van der Waals surface area contributed by atoms with Crippen molar-refractivity contribution in [3.05, 3.63) is 218 Å². The van der Waals surface area contributed by atoms with Crippen molar-refractivity contribution in [2.75, 3.05) is 9.80 Å². The first-order valence-corrected chi connectivity index (χ1v) is 23.4. The molecule has 0 unspecified atom stereocenters. The van der Waals surface area contributed by atoms with Crippen LogP contribution in [0, 0.1) is 0 Å². The maximum Gasteiger partial charge on any atom is 0.333 e. The van der Waals surface area contributed by atoms with Crippen LogP contribution in [-0.4, -0.2) is 11.3 Å². The Morgan fingerprint density at radius 2 is 1.12 bits per heavy atom. The molecule has 0 amide bonds. The molecular weight excluding hydrogens is 814 g/mol. The monoisotopic (exact) mass is 857 g/mol. The smallest absolute Gasteiger partial charge is 0.333 e. The molecule has 4 heterocycles. The van der Waals surface area contributed by atoms with Crippen molar-refractivity contribution in [3.63, 3.8) is 0 Å². The third kappa shape index (κ3) is 5.49. The lowest BCUT2D eigenvalue weighted by molar-refractivity contribution is 0.590. The van der Waals surface area contributed by atoms with Gasteiger partial charge in [0.2, 0.25) is 0 Å². The fourth-order valence-electron chi connectivity index (χ4n) is 11.5. The predicted molar refractivity (Wildman–Crippen MR) is 284 cm³/mol. The Balaban J connectivity index is 1.18. The summed E-state index contributed by atoms with van der Waals surface area (Å²) >= 11 is 0. The summed E-state index contributed by atoms with van der Waals surface area (Å²) in [6, 6.07) is 78.2. The average molecular weight is 858 g/mol. The summed E-state index contributed by atoms with van der Waals surface area (Å²) in [5.74, 6) is 0. The highest BCUT2D eigenvalue weighted by Gasteiger charge is 2.45. The number of nitrogens with zero attached hydrogens (tertiary/aromatic N) is 3. The molecule has 0 saturated heterocycles. The third-order valence-corrected chi connectivity index (χ3v) is 14.5. The van der Waals surface area contributed by atoms with Crippen molar-refractivity contribution in [1.82, 2.24) is 4.48 Å². The van der Waals surface area contributed by atoms with Gasteiger partial charge in [-0.15, -0.1) is 0 Å². The van der Waals surface area contributed by atoms with Gasteiger partial charge in [0, 0.05) is 83.6 Å². The zero-order chi connectivity index (χ0) is 44.5. The Labute approximate surface area is 389 Å². The quantitative estimate of drug-likeness (QED) is 0.161. The lowest BCUT2D eigenvalue weighted by Crippen LogP contribution is -2.56. The molecule has 0 N–H and O–H groups in total. The van der Waals surface area contributed by atoms with Crippen LogP contribution >= 0.6 is 0 Å². The fourth-order valence-corrected chi connectivity index (χ4v) is 11.5. The Hall–Kier alpha value is -8.28. The molecule has 2 aliphatic rings. The minimum atomic E-state index is -0.197. The van der Waals surface area contributed by atoms with Crippen molar-refractivity contribution >= 4 is 106 Å². The van der Waals surface area contributed by atoms with E-state index >= 15 is 0 Å². The van der Waals surface area contributed by atoms with Crippen LogP contribution in [0.4, 0.5) is 34.1 Å². The number of benzene rings is 10. The molecule has 5 heteroatoms. The highest BCUT2D eigenvalue weighted by molar-refractivity contribution is 6.90. The SMILES string of the molecule is CC(C)(C)c1ccc(N2c3ccc(N(c4ccccc4)c4ccccc4)cc3B3c4c2cc2oc5ccccc5c2c4-c2cccc4c5ccc6ccccc6c5n3c24)c(-c2ccccc2)c1. The lowest BCUT2D eigenvalue weighted by atomic mass is 9.44. The molecule has 4 nitrogen and oxygen atoms in total. The van der Waals surface area contributed by atoms with Crippen LogP contribution in [0.3, 0.4) is 0 Å². The molecule has 67 heavy (non-hydrogen) atoms. The number of hydrogen-bond acceptors (Lipinski definition) is 3.